The third-order valence-corrected chi connectivity index (χ3v) is 3.73. The average Bonchev–Trinajstić information content (AvgIpc) is 2.46. The number of ether oxygens (including phenoxy) is 1. The highest BCUT2D eigenvalue weighted by molar-refractivity contribution is 5.97. The van der Waals surface area contributed by atoms with E-state index in [2.05, 4.69) is 17.2 Å². The lowest BCUT2D eigenvalue weighted by Gasteiger charge is -2.34. The molecule has 2 N–H and O–H groups in total. The Kier molecular flexibility index (Phi) is 5.00. The third-order valence-electron chi connectivity index (χ3n) is 3.73. The summed E-state index contributed by atoms with van der Waals surface area (Å²) in [5.41, 5.74) is 1.97. The molecule has 1 aromatic carbocycles. The molecule has 0 atom stereocenters. The second kappa shape index (κ2) is 6.75. The number of benzene rings is 1. The van der Waals surface area contributed by atoms with Crippen molar-refractivity contribution in [2.24, 2.45) is 0 Å². The van der Waals surface area contributed by atoms with Gasteiger partial charge in [0.15, 0.2) is 0 Å². The maximum Gasteiger partial charge on any atom is 0.252 e. The third kappa shape index (κ3) is 4.07. The molecular weight excluding hydrogens is 266 g/mol. The Morgan fingerprint density at radius 3 is 2.81 bits per heavy atom. The van der Waals surface area contributed by atoms with Gasteiger partial charge in [-0.2, -0.15) is 0 Å². The fourth-order valence-electron chi connectivity index (χ4n) is 2.38. The molecule has 112 valence electrons. The van der Waals surface area contributed by atoms with Crippen LogP contribution in [0.2, 0.25) is 0 Å². The lowest BCUT2D eigenvalue weighted by molar-refractivity contribution is 0.0423. The first-order valence-corrected chi connectivity index (χ1v) is 7.15. The highest BCUT2D eigenvalue weighted by Gasteiger charge is 2.29. The van der Waals surface area contributed by atoms with Gasteiger partial charge in [-0.15, -0.1) is 0 Å². The first-order chi connectivity index (χ1) is 10.0. The summed E-state index contributed by atoms with van der Waals surface area (Å²) in [6, 6.07) is 5.56. The molecule has 1 fully saturated rings. The fraction of sp³-hybridized carbons (Fsp3) is 0.471. The number of carbonyl (C=O) groups excluding carboxylic acids is 1. The molecule has 0 radical (unpaired) electrons. The number of amides is 1. The van der Waals surface area contributed by atoms with Crippen LogP contribution >= 0.6 is 0 Å². The van der Waals surface area contributed by atoms with Gasteiger partial charge in [0, 0.05) is 24.3 Å². The van der Waals surface area contributed by atoms with Gasteiger partial charge in [0.05, 0.1) is 5.56 Å². The van der Waals surface area contributed by atoms with E-state index in [-0.39, 0.29) is 18.1 Å². The standard InChI is InChI=1S/C17H21NO3/c1-13-5-6-14(4-3-9-19)15(12-13)16(20)18-17(2)7-10-21-11-8-17/h5-6,12,19H,7-11H2,1-2H3,(H,18,20). The minimum Gasteiger partial charge on any atom is -0.384 e. The smallest absolute Gasteiger partial charge is 0.252 e. The highest BCUT2D eigenvalue weighted by Crippen LogP contribution is 2.21. The largest absolute Gasteiger partial charge is 0.384 e. The monoisotopic (exact) mass is 287 g/mol. The summed E-state index contributed by atoms with van der Waals surface area (Å²) < 4.78 is 5.35. The molecule has 0 saturated carbocycles. The van der Waals surface area contributed by atoms with Crippen LogP contribution in [0.1, 0.15) is 41.3 Å². The molecule has 1 aliphatic rings. The molecule has 4 nitrogen and oxygen atoms in total. The van der Waals surface area contributed by atoms with Gasteiger partial charge in [0.1, 0.15) is 6.61 Å². The normalized spacial score (nSPS) is 16.7. The van der Waals surface area contributed by atoms with Gasteiger partial charge in [-0.05, 0) is 38.8 Å². The van der Waals surface area contributed by atoms with Crippen LogP contribution in [0.25, 0.3) is 0 Å². The molecule has 1 amide bonds. The number of aryl methyl sites for hydroxylation is 1. The lowest BCUT2D eigenvalue weighted by Crippen LogP contribution is -2.49. The van der Waals surface area contributed by atoms with Crippen LogP contribution in [0.3, 0.4) is 0 Å². The van der Waals surface area contributed by atoms with Crippen molar-refractivity contribution in [3.05, 3.63) is 34.9 Å². The van der Waals surface area contributed by atoms with Gasteiger partial charge in [0.2, 0.25) is 0 Å². The Balaban J connectivity index is 2.23. The van der Waals surface area contributed by atoms with E-state index in [1.807, 2.05) is 32.0 Å². The molecule has 0 spiro atoms. The number of hydrogen-bond acceptors (Lipinski definition) is 3. The molecule has 0 unspecified atom stereocenters. The summed E-state index contributed by atoms with van der Waals surface area (Å²) >= 11 is 0. The van der Waals surface area contributed by atoms with Crippen LogP contribution in [0.15, 0.2) is 18.2 Å². The number of nitrogens with one attached hydrogen (secondary N) is 1. The maximum atomic E-state index is 12.6. The molecule has 0 aliphatic carbocycles. The van der Waals surface area contributed by atoms with Crippen molar-refractivity contribution in [2.75, 3.05) is 19.8 Å². The van der Waals surface area contributed by atoms with Crippen molar-refractivity contribution in [3.63, 3.8) is 0 Å². The molecule has 1 aliphatic heterocycles. The maximum absolute atomic E-state index is 12.6. The molecule has 0 bridgehead atoms. The van der Waals surface area contributed by atoms with Crippen LogP contribution in [0, 0.1) is 18.8 Å². The predicted molar refractivity (Wildman–Crippen MR) is 81.1 cm³/mol. The van der Waals surface area contributed by atoms with E-state index in [0.717, 1.165) is 18.4 Å². The Morgan fingerprint density at radius 1 is 1.43 bits per heavy atom. The first-order valence-electron chi connectivity index (χ1n) is 7.15. The van der Waals surface area contributed by atoms with Crippen LogP contribution in [-0.4, -0.2) is 36.4 Å². The summed E-state index contributed by atoms with van der Waals surface area (Å²) in [4.78, 5) is 12.6. The zero-order chi connectivity index (χ0) is 15.3. The summed E-state index contributed by atoms with van der Waals surface area (Å²) in [7, 11) is 0. The second-order valence-electron chi connectivity index (χ2n) is 5.64. The van der Waals surface area contributed by atoms with Gasteiger partial charge in [-0.25, -0.2) is 0 Å². The van der Waals surface area contributed by atoms with Crippen LogP contribution in [-0.2, 0) is 4.74 Å². The number of aliphatic hydroxyl groups excluding tert-OH is 1. The van der Waals surface area contributed by atoms with Gasteiger partial charge in [-0.1, -0.05) is 23.5 Å². The SMILES string of the molecule is Cc1ccc(C#CCO)c(C(=O)NC2(C)CCOCC2)c1. The van der Waals surface area contributed by atoms with Gasteiger partial charge in [0.25, 0.3) is 5.91 Å². The molecule has 1 saturated heterocycles. The fourth-order valence-corrected chi connectivity index (χ4v) is 2.38. The Bertz CT molecular complexity index is 577. The first kappa shape index (κ1) is 15.6. The Hall–Kier alpha value is -1.83. The lowest BCUT2D eigenvalue weighted by atomic mass is 9.91. The Labute approximate surface area is 125 Å². The summed E-state index contributed by atoms with van der Waals surface area (Å²) in [6.07, 6.45) is 1.62. The minimum absolute atomic E-state index is 0.120. The quantitative estimate of drug-likeness (QED) is 0.813. The van der Waals surface area contributed by atoms with E-state index >= 15 is 0 Å². The zero-order valence-electron chi connectivity index (χ0n) is 12.5. The van der Waals surface area contributed by atoms with Crippen molar-refractivity contribution < 1.29 is 14.6 Å². The molecule has 0 aromatic heterocycles. The molecule has 2 rings (SSSR count). The zero-order valence-corrected chi connectivity index (χ0v) is 12.5. The second-order valence-corrected chi connectivity index (χ2v) is 5.64. The highest BCUT2D eigenvalue weighted by atomic mass is 16.5. The van der Waals surface area contributed by atoms with E-state index in [4.69, 9.17) is 9.84 Å². The molecule has 4 heteroatoms. The molecule has 1 heterocycles. The Morgan fingerprint density at radius 2 is 2.14 bits per heavy atom. The number of rotatable bonds is 2. The van der Waals surface area contributed by atoms with Crippen molar-refractivity contribution >= 4 is 5.91 Å². The van der Waals surface area contributed by atoms with Crippen LogP contribution in [0.4, 0.5) is 0 Å². The molecule has 1 aromatic rings. The summed E-state index contributed by atoms with van der Waals surface area (Å²) in [5, 5.41) is 11.9. The van der Waals surface area contributed by atoms with Gasteiger partial charge in [-0.3, -0.25) is 4.79 Å². The summed E-state index contributed by atoms with van der Waals surface area (Å²) in [6.45, 7) is 5.10. The van der Waals surface area contributed by atoms with E-state index in [0.29, 0.717) is 24.3 Å². The van der Waals surface area contributed by atoms with Crippen molar-refractivity contribution in [1.82, 2.24) is 5.32 Å². The van der Waals surface area contributed by atoms with Crippen molar-refractivity contribution in [2.45, 2.75) is 32.2 Å². The average molecular weight is 287 g/mol. The van der Waals surface area contributed by atoms with E-state index in [1.54, 1.807) is 0 Å². The minimum atomic E-state index is -0.235. The van der Waals surface area contributed by atoms with Crippen LogP contribution in [0.5, 0.6) is 0 Å². The number of hydrogen-bond donors (Lipinski definition) is 2. The molecular formula is C17H21NO3. The predicted octanol–water partition coefficient (Wildman–Crippen LogP) is 1.64. The van der Waals surface area contributed by atoms with E-state index in [1.165, 1.54) is 0 Å². The topological polar surface area (TPSA) is 58.6 Å². The van der Waals surface area contributed by atoms with E-state index < -0.39 is 0 Å². The van der Waals surface area contributed by atoms with E-state index in [9.17, 15) is 4.79 Å². The van der Waals surface area contributed by atoms with Gasteiger partial charge >= 0.3 is 0 Å². The molecule has 21 heavy (non-hydrogen) atoms. The van der Waals surface area contributed by atoms with Crippen molar-refractivity contribution in [3.8, 4) is 11.8 Å². The van der Waals surface area contributed by atoms with Crippen LogP contribution < -0.4 is 5.32 Å². The summed E-state index contributed by atoms with van der Waals surface area (Å²) in [5.74, 6) is 5.31. The number of carbonyl (C=O) groups is 1. The van der Waals surface area contributed by atoms with Gasteiger partial charge < -0.3 is 15.2 Å². The van der Waals surface area contributed by atoms with Crippen molar-refractivity contribution in [1.29, 1.82) is 0 Å². The number of aliphatic hydroxyl groups is 1.